The van der Waals surface area contributed by atoms with Crippen LogP contribution in [0.5, 0.6) is 0 Å². The quantitative estimate of drug-likeness (QED) is 0.785. The normalized spacial score (nSPS) is 19.1. The smallest absolute Gasteiger partial charge is 0.229 e. The number of anilines is 1. The second-order valence-electron chi connectivity index (χ2n) is 4.53. The average molecular weight is 273 g/mol. The molecule has 0 bridgehead atoms. The molecule has 0 aliphatic carbocycles. The Morgan fingerprint density at radius 3 is 3.00 bits per heavy atom. The summed E-state index contributed by atoms with van der Waals surface area (Å²) < 4.78 is 1.55. The highest BCUT2D eigenvalue weighted by Crippen LogP contribution is 2.27. The van der Waals surface area contributed by atoms with E-state index in [1.807, 2.05) is 13.0 Å². The van der Waals surface area contributed by atoms with E-state index >= 15 is 0 Å². The Hall–Kier alpha value is -2.07. The number of hydrogen-bond acceptors (Lipinski definition) is 5. The monoisotopic (exact) mass is 273 g/mol. The van der Waals surface area contributed by atoms with E-state index in [-0.39, 0.29) is 11.2 Å². The number of hydrogen-bond donors (Lipinski definition) is 1. The van der Waals surface area contributed by atoms with Crippen molar-refractivity contribution in [2.75, 3.05) is 11.4 Å². The molecule has 1 aliphatic rings. The lowest BCUT2D eigenvalue weighted by Gasteiger charge is -2.18. The fourth-order valence-electron chi connectivity index (χ4n) is 2.27. The zero-order valence-corrected chi connectivity index (χ0v) is 11.1. The van der Waals surface area contributed by atoms with Crippen LogP contribution in [-0.2, 0) is 4.79 Å². The van der Waals surface area contributed by atoms with Crippen molar-refractivity contribution in [2.45, 2.75) is 18.6 Å². The molecule has 19 heavy (non-hydrogen) atoms. The first kappa shape index (κ1) is 12.0. The van der Waals surface area contributed by atoms with Crippen molar-refractivity contribution in [1.29, 1.82) is 5.26 Å². The number of aromatic nitrogens is 3. The molecule has 0 spiro atoms. The standard InChI is InChI=1S/C12H11N5OS/c1-7-2-10-14-5-8(4-13)12(17(10)15-7)16-6-9(19)3-11(16)18/h2,5,9,19H,3,6H2,1H3. The first-order valence-electron chi connectivity index (χ1n) is 5.84. The molecular weight excluding hydrogens is 262 g/mol. The lowest BCUT2D eigenvalue weighted by atomic mass is 10.3. The van der Waals surface area contributed by atoms with Crippen molar-refractivity contribution in [1.82, 2.24) is 14.6 Å². The molecule has 1 atom stereocenters. The topological polar surface area (TPSA) is 74.3 Å². The van der Waals surface area contributed by atoms with E-state index in [1.54, 1.807) is 9.42 Å². The lowest BCUT2D eigenvalue weighted by molar-refractivity contribution is -0.117. The lowest BCUT2D eigenvalue weighted by Crippen LogP contribution is -2.28. The number of carbonyl (C=O) groups excluding carboxylic acids is 1. The first-order chi connectivity index (χ1) is 9.10. The van der Waals surface area contributed by atoms with Crippen molar-refractivity contribution in [3.05, 3.63) is 23.5 Å². The molecule has 0 radical (unpaired) electrons. The van der Waals surface area contributed by atoms with Gasteiger partial charge in [0.1, 0.15) is 11.6 Å². The van der Waals surface area contributed by atoms with Crippen molar-refractivity contribution in [3.63, 3.8) is 0 Å². The van der Waals surface area contributed by atoms with Gasteiger partial charge in [-0.25, -0.2) is 4.98 Å². The highest BCUT2D eigenvalue weighted by atomic mass is 32.1. The Morgan fingerprint density at radius 2 is 2.37 bits per heavy atom. The van der Waals surface area contributed by atoms with Crippen LogP contribution in [-0.4, -0.2) is 32.3 Å². The molecule has 2 aromatic rings. The number of carbonyl (C=O) groups is 1. The van der Waals surface area contributed by atoms with Gasteiger partial charge in [-0.3, -0.25) is 9.69 Å². The second kappa shape index (κ2) is 4.24. The number of rotatable bonds is 1. The number of amides is 1. The molecule has 1 aliphatic heterocycles. The number of nitriles is 1. The molecule has 0 N–H and O–H groups in total. The summed E-state index contributed by atoms with van der Waals surface area (Å²) in [6, 6.07) is 3.88. The van der Waals surface area contributed by atoms with Crippen LogP contribution in [0.4, 0.5) is 5.82 Å². The van der Waals surface area contributed by atoms with Crippen LogP contribution < -0.4 is 4.90 Å². The Labute approximate surface area is 115 Å². The predicted molar refractivity (Wildman–Crippen MR) is 72.2 cm³/mol. The minimum Gasteiger partial charge on any atom is -0.294 e. The van der Waals surface area contributed by atoms with Gasteiger partial charge in [-0.2, -0.15) is 27.5 Å². The van der Waals surface area contributed by atoms with Gasteiger partial charge in [0.05, 0.1) is 11.9 Å². The highest BCUT2D eigenvalue weighted by molar-refractivity contribution is 7.81. The van der Waals surface area contributed by atoms with Crippen LogP contribution in [0.2, 0.25) is 0 Å². The minimum atomic E-state index is -0.0443. The summed E-state index contributed by atoms with van der Waals surface area (Å²) in [5.41, 5.74) is 1.76. The van der Waals surface area contributed by atoms with Crippen molar-refractivity contribution in [3.8, 4) is 6.07 Å². The van der Waals surface area contributed by atoms with Gasteiger partial charge in [-0.1, -0.05) is 0 Å². The SMILES string of the molecule is Cc1cc2ncc(C#N)c(N3CC(S)CC3=O)n2n1. The van der Waals surface area contributed by atoms with E-state index in [4.69, 9.17) is 0 Å². The van der Waals surface area contributed by atoms with Crippen LogP contribution in [0.1, 0.15) is 17.7 Å². The van der Waals surface area contributed by atoms with Crippen molar-refractivity contribution < 1.29 is 4.79 Å². The third kappa shape index (κ3) is 1.85. The fraction of sp³-hybridized carbons (Fsp3) is 0.333. The summed E-state index contributed by atoms with van der Waals surface area (Å²) in [5.74, 6) is 0.444. The van der Waals surface area contributed by atoms with Gasteiger partial charge in [0.2, 0.25) is 5.91 Å². The van der Waals surface area contributed by atoms with E-state index in [1.165, 1.54) is 6.20 Å². The highest BCUT2D eigenvalue weighted by Gasteiger charge is 2.32. The van der Waals surface area contributed by atoms with Crippen molar-refractivity contribution >= 4 is 30.0 Å². The molecule has 3 rings (SSSR count). The van der Waals surface area contributed by atoms with Gasteiger partial charge in [0.25, 0.3) is 0 Å². The maximum Gasteiger partial charge on any atom is 0.229 e. The van der Waals surface area contributed by atoms with E-state index < -0.39 is 0 Å². The zero-order valence-electron chi connectivity index (χ0n) is 10.2. The zero-order chi connectivity index (χ0) is 13.6. The van der Waals surface area contributed by atoms with Gasteiger partial charge in [0, 0.05) is 24.3 Å². The molecule has 1 amide bonds. The van der Waals surface area contributed by atoms with Gasteiger partial charge in [0.15, 0.2) is 11.5 Å². The largest absolute Gasteiger partial charge is 0.294 e. The molecule has 3 heterocycles. The van der Waals surface area contributed by atoms with Crippen LogP contribution >= 0.6 is 12.6 Å². The van der Waals surface area contributed by atoms with E-state index in [0.717, 1.165) is 5.69 Å². The molecule has 96 valence electrons. The van der Waals surface area contributed by atoms with Gasteiger partial charge in [-0.15, -0.1) is 0 Å². The van der Waals surface area contributed by atoms with Crippen LogP contribution in [0.3, 0.4) is 0 Å². The second-order valence-corrected chi connectivity index (χ2v) is 5.26. The fourth-order valence-corrected chi connectivity index (χ4v) is 2.59. The van der Waals surface area contributed by atoms with E-state index in [2.05, 4.69) is 28.8 Å². The molecule has 1 saturated heterocycles. The predicted octanol–water partition coefficient (Wildman–Crippen LogP) is 0.944. The van der Waals surface area contributed by atoms with Gasteiger partial charge < -0.3 is 0 Å². The number of fused-ring (bicyclic) bond motifs is 1. The summed E-state index contributed by atoms with van der Waals surface area (Å²) in [7, 11) is 0. The maximum absolute atomic E-state index is 12.0. The molecule has 1 unspecified atom stereocenters. The average Bonchev–Trinajstić information content (AvgIpc) is 2.89. The third-order valence-corrected chi connectivity index (χ3v) is 3.41. The third-order valence-electron chi connectivity index (χ3n) is 3.06. The summed E-state index contributed by atoms with van der Waals surface area (Å²) in [6.07, 6.45) is 1.85. The van der Waals surface area contributed by atoms with E-state index in [0.29, 0.717) is 30.0 Å². The first-order valence-corrected chi connectivity index (χ1v) is 6.35. The number of aryl methyl sites for hydroxylation is 1. The summed E-state index contributed by atoms with van der Waals surface area (Å²) in [4.78, 5) is 17.7. The summed E-state index contributed by atoms with van der Waals surface area (Å²) in [5, 5.41) is 13.5. The molecular formula is C12H11N5OS. The molecule has 6 nitrogen and oxygen atoms in total. The molecule has 1 fully saturated rings. The summed E-state index contributed by atoms with van der Waals surface area (Å²) >= 11 is 4.33. The Kier molecular flexibility index (Phi) is 2.68. The van der Waals surface area contributed by atoms with Gasteiger partial charge in [-0.05, 0) is 6.92 Å². The van der Waals surface area contributed by atoms with Gasteiger partial charge >= 0.3 is 0 Å². The Balaban J connectivity index is 2.26. The molecule has 7 heteroatoms. The Morgan fingerprint density at radius 1 is 1.58 bits per heavy atom. The molecule has 0 saturated carbocycles. The van der Waals surface area contributed by atoms with Crippen LogP contribution in [0.25, 0.3) is 5.65 Å². The van der Waals surface area contributed by atoms with Crippen molar-refractivity contribution in [2.24, 2.45) is 0 Å². The summed E-state index contributed by atoms with van der Waals surface area (Å²) in [6.45, 7) is 2.33. The maximum atomic E-state index is 12.0. The molecule has 2 aromatic heterocycles. The molecule has 0 aromatic carbocycles. The van der Waals surface area contributed by atoms with E-state index in [9.17, 15) is 10.1 Å². The number of thiol groups is 1. The van der Waals surface area contributed by atoms with Crippen LogP contribution in [0, 0.1) is 18.3 Å². The minimum absolute atomic E-state index is 0.0149. The van der Waals surface area contributed by atoms with Crippen LogP contribution in [0.15, 0.2) is 12.3 Å². The Bertz CT molecular complexity index is 717. The number of nitrogens with zero attached hydrogens (tertiary/aromatic N) is 5.